The summed E-state index contributed by atoms with van der Waals surface area (Å²) in [6.45, 7) is 3.07. The minimum absolute atomic E-state index is 0.130. The van der Waals surface area contributed by atoms with Crippen molar-refractivity contribution < 1.29 is 13.2 Å². The van der Waals surface area contributed by atoms with Gasteiger partial charge in [0.05, 0.1) is 22.5 Å². The van der Waals surface area contributed by atoms with Crippen LogP contribution < -0.4 is 0 Å². The SMILES string of the molecule is CN(CC(=O)N1CCN(Cc2ccc(C#N)cc2)CC1)S(=O)(=O)c1ccc(Cl)s1. The molecule has 2 heterocycles. The number of hydrogen-bond acceptors (Lipinski definition) is 6. The van der Waals surface area contributed by atoms with Crippen LogP contribution in [0.15, 0.2) is 40.6 Å². The molecule has 154 valence electrons. The largest absolute Gasteiger partial charge is 0.339 e. The van der Waals surface area contributed by atoms with Crippen molar-refractivity contribution in [1.82, 2.24) is 14.1 Å². The molecule has 0 saturated carbocycles. The molecule has 7 nitrogen and oxygen atoms in total. The third-order valence-corrected chi connectivity index (χ3v) is 8.29. The van der Waals surface area contributed by atoms with Crippen LogP contribution in [0.4, 0.5) is 0 Å². The van der Waals surface area contributed by atoms with Crippen LogP contribution in [0, 0.1) is 11.3 Å². The van der Waals surface area contributed by atoms with Crippen LogP contribution in [0.1, 0.15) is 11.1 Å². The molecule has 2 aromatic rings. The first-order valence-corrected chi connectivity index (χ1v) is 11.6. The lowest BCUT2D eigenvalue weighted by Gasteiger charge is -2.35. The normalized spacial score (nSPS) is 15.4. The zero-order chi connectivity index (χ0) is 21.0. The van der Waals surface area contributed by atoms with E-state index in [0.29, 0.717) is 36.1 Å². The number of rotatable bonds is 6. The third-order valence-electron chi connectivity index (χ3n) is 4.79. The number of amides is 1. The zero-order valence-electron chi connectivity index (χ0n) is 15.9. The number of thiophene rings is 1. The molecule has 1 aliphatic rings. The van der Waals surface area contributed by atoms with Crippen molar-refractivity contribution in [3.05, 3.63) is 51.9 Å². The third kappa shape index (κ3) is 5.35. The van der Waals surface area contributed by atoms with Crippen LogP contribution in [0.3, 0.4) is 0 Å². The number of sulfonamides is 1. The van der Waals surface area contributed by atoms with E-state index in [-0.39, 0.29) is 16.7 Å². The molecule has 1 aromatic heterocycles. The lowest BCUT2D eigenvalue weighted by Crippen LogP contribution is -2.51. The maximum Gasteiger partial charge on any atom is 0.252 e. The van der Waals surface area contributed by atoms with E-state index in [2.05, 4.69) is 11.0 Å². The second kappa shape index (κ2) is 9.24. The Balaban J connectivity index is 1.51. The summed E-state index contributed by atoms with van der Waals surface area (Å²) in [7, 11) is -2.32. The molecule has 0 N–H and O–H groups in total. The van der Waals surface area contributed by atoms with Gasteiger partial charge in [0.25, 0.3) is 10.0 Å². The van der Waals surface area contributed by atoms with Gasteiger partial charge in [-0.3, -0.25) is 9.69 Å². The molecule has 3 rings (SSSR count). The summed E-state index contributed by atoms with van der Waals surface area (Å²) in [5, 5.41) is 8.87. The van der Waals surface area contributed by atoms with Gasteiger partial charge in [-0.2, -0.15) is 9.57 Å². The first-order valence-electron chi connectivity index (χ1n) is 9.00. The smallest absolute Gasteiger partial charge is 0.252 e. The first kappa shape index (κ1) is 21.7. The number of hydrogen-bond donors (Lipinski definition) is 0. The molecule has 0 radical (unpaired) electrons. The highest BCUT2D eigenvalue weighted by Crippen LogP contribution is 2.27. The molecule has 0 atom stereocenters. The average Bonchev–Trinajstić information content (AvgIpc) is 3.16. The quantitative estimate of drug-likeness (QED) is 0.671. The van der Waals surface area contributed by atoms with Crippen LogP contribution >= 0.6 is 22.9 Å². The summed E-state index contributed by atoms with van der Waals surface area (Å²) in [6.07, 6.45) is 0. The molecule has 1 fully saturated rings. The standard InChI is InChI=1S/C19H21ClN4O3S2/c1-22(29(26,27)19-7-6-17(20)28-19)14-18(25)24-10-8-23(9-11-24)13-16-4-2-15(12-21)3-5-16/h2-7H,8-11,13-14H2,1H3. The van der Waals surface area contributed by atoms with Gasteiger partial charge in [0.2, 0.25) is 5.91 Å². The monoisotopic (exact) mass is 452 g/mol. The Bertz CT molecular complexity index is 1010. The molecule has 1 aliphatic heterocycles. The number of piperazine rings is 1. The van der Waals surface area contributed by atoms with Crippen molar-refractivity contribution in [2.24, 2.45) is 0 Å². The second-order valence-corrected chi connectivity index (χ2v) is 10.8. The van der Waals surface area contributed by atoms with Gasteiger partial charge in [0.15, 0.2) is 0 Å². The summed E-state index contributed by atoms with van der Waals surface area (Å²) < 4.78 is 26.7. The maximum absolute atomic E-state index is 12.6. The fraction of sp³-hybridized carbons (Fsp3) is 0.368. The van der Waals surface area contributed by atoms with E-state index < -0.39 is 10.0 Å². The number of nitrogens with zero attached hydrogens (tertiary/aromatic N) is 4. The molecule has 0 spiro atoms. The van der Waals surface area contributed by atoms with Gasteiger partial charge in [-0.15, -0.1) is 11.3 Å². The van der Waals surface area contributed by atoms with E-state index in [1.807, 2.05) is 12.1 Å². The van der Waals surface area contributed by atoms with E-state index in [1.54, 1.807) is 17.0 Å². The average molecular weight is 453 g/mol. The molecule has 10 heteroatoms. The topological polar surface area (TPSA) is 84.7 Å². The van der Waals surface area contributed by atoms with Crippen molar-refractivity contribution >= 4 is 38.9 Å². The Kier molecular flexibility index (Phi) is 6.93. The summed E-state index contributed by atoms with van der Waals surface area (Å²) in [6, 6.07) is 12.6. The molecule has 29 heavy (non-hydrogen) atoms. The van der Waals surface area contributed by atoms with E-state index in [4.69, 9.17) is 16.9 Å². The van der Waals surface area contributed by atoms with Crippen molar-refractivity contribution in [2.45, 2.75) is 10.8 Å². The number of likely N-dealkylation sites (N-methyl/N-ethyl adjacent to an activating group) is 1. The summed E-state index contributed by atoms with van der Waals surface area (Å²) in [4.78, 5) is 16.5. The molecule has 0 aliphatic carbocycles. The number of carbonyl (C=O) groups excluding carboxylic acids is 1. The van der Waals surface area contributed by atoms with E-state index in [1.165, 1.54) is 19.2 Å². The molecular formula is C19H21ClN4O3S2. The van der Waals surface area contributed by atoms with Gasteiger partial charge in [0.1, 0.15) is 4.21 Å². The molecule has 0 unspecified atom stereocenters. The van der Waals surface area contributed by atoms with Gasteiger partial charge in [-0.1, -0.05) is 23.7 Å². The van der Waals surface area contributed by atoms with Gasteiger partial charge in [-0.25, -0.2) is 8.42 Å². The van der Waals surface area contributed by atoms with Crippen LogP contribution in [-0.2, 0) is 21.4 Å². The van der Waals surface area contributed by atoms with Gasteiger partial charge < -0.3 is 4.90 Å². The zero-order valence-corrected chi connectivity index (χ0v) is 18.3. The van der Waals surface area contributed by atoms with Crippen LogP contribution in [0.25, 0.3) is 0 Å². The fourth-order valence-corrected chi connectivity index (χ4v) is 5.88. The highest BCUT2D eigenvalue weighted by molar-refractivity contribution is 7.91. The van der Waals surface area contributed by atoms with Crippen molar-refractivity contribution in [1.29, 1.82) is 5.26 Å². The van der Waals surface area contributed by atoms with E-state index >= 15 is 0 Å². The number of halogens is 1. The number of carbonyl (C=O) groups is 1. The van der Waals surface area contributed by atoms with Crippen molar-refractivity contribution in [3.63, 3.8) is 0 Å². The summed E-state index contributed by atoms with van der Waals surface area (Å²) >= 11 is 6.80. The second-order valence-electron chi connectivity index (χ2n) is 6.79. The van der Waals surface area contributed by atoms with Gasteiger partial charge in [-0.05, 0) is 29.8 Å². The molecule has 0 bridgehead atoms. The Morgan fingerprint density at radius 3 is 2.38 bits per heavy atom. The number of nitriles is 1. The van der Waals surface area contributed by atoms with Crippen LogP contribution in [0.5, 0.6) is 0 Å². The predicted octanol–water partition coefficient (Wildman–Crippen LogP) is 2.24. The summed E-state index contributed by atoms with van der Waals surface area (Å²) in [5.41, 5.74) is 1.75. The number of benzene rings is 1. The Morgan fingerprint density at radius 2 is 1.83 bits per heavy atom. The minimum atomic E-state index is -3.72. The lowest BCUT2D eigenvalue weighted by atomic mass is 10.1. The predicted molar refractivity (Wildman–Crippen MR) is 112 cm³/mol. The maximum atomic E-state index is 12.6. The highest BCUT2D eigenvalue weighted by Gasteiger charge is 2.28. The molecular weight excluding hydrogens is 432 g/mol. The van der Waals surface area contributed by atoms with Gasteiger partial charge in [0, 0.05) is 39.8 Å². The first-order chi connectivity index (χ1) is 13.8. The highest BCUT2D eigenvalue weighted by atomic mass is 35.5. The lowest BCUT2D eigenvalue weighted by molar-refractivity contribution is -0.133. The van der Waals surface area contributed by atoms with Crippen LogP contribution in [-0.4, -0.2) is 68.2 Å². The Hall–Kier alpha value is -1.96. The molecule has 1 amide bonds. The minimum Gasteiger partial charge on any atom is -0.339 e. The van der Waals surface area contributed by atoms with Gasteiger partial charge >= 0.3 is 0 Å². The Morgan fingerprint density at radius 1 is 1.17 bits per heavy atom. The van der Waals surface area contributed by atoms with Crippen LogP contribution in [0.2, 0.25) is 4.34 Å². The Labute approximate surface area is 179 Å². The fourth-order valence-electron chi connectivity index (χ4n) is 3.06. The summed E-state index contributed by atoms with van der Waals surface area (Å²) in [5.74, 6) is -0.211. The molecule has 1 saturated heterocycles. The van der Waals surface area contributed by atoms with E-state index in [9.17, 15) is 13.2 Å². The van der Waals surface area contributed by atoms with E-state index in [0.717, 1.165) is 27.8 Å². The van der Waals surface area contributed by atoms with Crippen molar-refractivity contribution in [3.8, 4) is 6.07 Å². The molecule has 1 aromatic carbocycles. The van der Waals surface area contributed by atoms with Crippen molar-refractivity contribution in [2.75, 3.05) is 39.8 Å².